The summed E-state index contributed by atoms with van der Waals surface area (Å²) in [7, 11) is 1.53. The monoisotopic (exact) mass is 637 g/mol. The molecule has 0 spiro atoms. The second-order valence-corrected chi connectivity index (χ2v) is 12.0. The summed E-state index contributed by atoms with van der Waals surface area (Å²) in [6.45, 7) is 8.46. The fourth-order valence-electron chi connectivity index (χ4n) is 6.11. The number of piperazine rings is 1. The second-order valence-electron chi connectivity index (χ2n) is 11.0. The Morgan fingerprint density at radius 1 is 1.18 bits per heavy atom. The number of amides is 1. The molecule has 1 saturated heterocycles. The minimum absolute atomic E-state index is 0.0509. The molecule has 3 heterocycles. The van der Waals surface area contributed by atoms with Crippen LogP contribution in [0.2, 0.25) is 0 Å². The molecule has 1 amide bonds. The average Bonchev–Trinajstić information content (AvgIpc) is 3.15. The smallest absolute Gasteiger partial charge is 0.383 e. The zero-order valence-corrected chi connectivity index (χ0v) is 25.2. The number of nitrogens with one attached hydrogen (secondary N) is 1. The van der Waals surface area contributed by atoms with Gasteiger partial charge in [-0.15, -0.1) is 11.8 Å². The molecule has 236 valence electrons. The number of hydrogen-bond donors (Lipinski definition) is 1. The van der Waals surface area contributed by atoms with Gasteiger partial charge < -0.3 is 19.9 Å². The molecule has 5 rings (SSSR count). The summed E-state index contributed by atoms with van der Waals surface area (Å²) in [4.78, 5) is 33.9. The Hall–Kier alpha value is -3.49. The fraction of sp³-hybridized carbons (Fsp3) is 0.433. The van der Waals surface area contributed by atoms with Crippen molar-refractivity contribution in [3.63, 3.8) is 0 Å². The van der Waals surface area contributed by atoms with Gasteiger partial charge in [-0.1, -0.05) is 6.58 Å². The van der Waals surface area contributed by atoms with Gasteiger partial charge in [0, 0.05) is 84.6 Å². The van der Waals surface area contributed by atoms with Gasteiger partial charge in [-0.3, -0.25) is 9.36 Å². The highest BCUT2D eigenvalue weighted by molar-refractivity contribution is 7.99. The van der Waals surface area contributed by atoms with E-state index in [1.54, 1.807) is 23.6 Å². The van der Waals surface area contributed by atoms with E-state index in [2.05, 4.69) is 16.9 Å². The number of carbonyl (C=O) groups excluding carboxylic acids is 1. The van der Waals surface area contributed by atoms with Gasteiger partial charge in [-0.25, -0.2) is 13.6 Å². The summed E-state index contributed by atoms with van der Waals surface area (Å²) < 4.78 is 80.1. The van der Waals surface area contributed by atoms with Crippen LogP contribution in [-0.2, 0) is 22.3 Å². The quantitative estimate of drug-likeness (QED) is 0.229. The summed E-state index contributed by atoms with van der Waals surface area (Å²) in [6.07, 6.45) is -3.73. The van der Waals surface area contributed by atoms with Gasteiger partial charge in [0.15, 0.2) is 0 Å². The van der Waals surface area contributed by atoms with Crippen LogP contribution in [0, 0.1) is 11.6 Å². The number of alkyl halides is 3. The number of nitrogens with zero attached hydrogens (tertiary/aromatic N) is 4. The summed E-state index contributed by atoms with van der Waals surface area (Å²) >= 11 is 1.07. The van der Waals surface area contributed by atoms with Gasteiger partial charge in [0.25, 0.3) is 0 Å². The molecular formula is C30H32F5N5O3S. The number of thioether (sulfide) groups is 1. The Kier molecular flexibility index (Phi) is 9.06. The van der Waals surface area contributed by atoms with Gasteiger partial charge >= 0.3 is 11.9 Å². The van der Waals surface area contributed by atoms with E-state index in [1.165, 1.54) is 17.8 Å². The molecule has 0 bridgehead atoms. The van der Waals surface area contributed by atoms with Crippen LogP contribution in [0.25, 0.3) is 22.0 Å². The first-order chi connectivity index (χ1) is 20.8. The number of methoxy groups -OCH3 is 1. The highest BCUT2D eigenvalue weighted by Gasteiger charge is 2.40. The normalized spacial score (nSPS) is 20.6. The van der Waals surface area contributed by atoms with Crippen molar-refractivity contribution in [3.8, 4) is 11.1 Å². The van der Waals surface area contributed by atoms with E-state index < -0.39 is 40.2 Å². The Balaban J connectivity index is 1.79. The Morgan fingerprint density at radius 2 is 1.89 bits per heavy atom. The number of rotatable bonds is 7. The molecule has 2 aliphatic heterocycles. The van der Waals surface area contributed by atoms with Crippen molar-refractivity contribution in [2.75, 3.05) is 44.0 Å². The Labute approximate surface area is 254 Å². The topological polar surface area (TPSA) is 79.7 Å². The molecule has 44 heavy (non-hydrogen) atoms. The molecule has 3 atom stereocenters. The lowest BCUT2D eigenvalue weighted by molar-refractivity contribution is -0.137. The molecule has 0 radical (unpaired) electrons. The van der Waals surface area contributed by atoms with E-state index in [-0.39, 0.29) is 71.0 Å². The van der Waals surface area contributed by atoms with E-state index >= 15 is 4.39 Å². The van der Waals surface area contributed by atoms with Gasteiger partial charge in [0.2, 0.25) is 5.91 Å². The summed E-state index contributed by atoms with van der Waals surface area (Å²) in [6, 6.07) is 2.26. The average molecular weight is 638 g/mol. The van der Waals surface area contributed by atoms with Gasteiger partial charge in [0.05, 0.1) is 17.7 Å². The number of benzene rings is 2. The largest absolute Gasteiger partial charge is 0.417 e. The first kappa shape index (κ1) is 31.9. The Morgan fingerprint density at radius 3 is 2.50 bits per heavy atom. The molecule has 0 saturated carbocycles. The number of halogens is 5. The highest BCUT2D eigenvalue weighted by atomic mass is 32.2. The molecule has 1 fully saturated rings. The molecule has 8 nitrogen and oxygen atoms in total. The standard InChI is InChI=1S/C30H32F5N5O3S/c1-5-24(41)40-16(2)12-38(13-17(40)3)28-21-11-22(30(33,34)35)25(20-7-6-18(31)10-23(20)32)27-26(21)39(29(42)37-28)14-19(15-44-27)36-8-9-43-4/h5-7,10-11,16-17,19,36H,1,8-9,12-15H2,2-4H3/t16-,17+,19?. The number of carbonyl (C=O) groups is 1. The van der Waals surface area contributed by atoms with Crippen LogP contribution in [-0.4, -0.2) is 77.6 Å². The van der Waals surface area contributed by atoms with Crippen molar-refractivity contribution < 1.29 is 31.5 Å². The number of hydrogen-bond acceptors (Lipinski definition) is 7. The van der Waals surface area contributed by atoms with Crippen LogP contribution in [0.1, 0.15) is 19.4 Å². The zero-order valence-electron chi connectivity index (χ0n) is 24.4. The van der Waals surface area contributed by atoms with Crippen molar-refractivity contribution in [3.05, 3.63) is 64.6 Å². The molecule has 3 aromatic rings. The van der Waals surface area contributed by atoms with Crippen molar-refractivity contribution in [2.45, 2.75) is 49.6 Å². The molecule has 1 unspecified atom stereocenters. The predicted molar refractivity (Wildman–Crippen MR) is 159 cm³/mol. The summed E-state index contributed by atoms with van der Waals surface area (Å²) in [5.41, 5.74) is -2.50. The van der Waals surface area contributed by atoms with Crippen LogP contribution >= 0.6 is 11.8 Å². The van der Waals surface area contributed by atoms with Crippen LogP contribution in [0.15, 0.2) is 46.6 Å². The third-order valence-corrected chi connectivity index (χ3v) is 9.18. The molecule has 1 N–H and O–H groups in total. The summed E-state index contributed by atoms with van der Waals surface area (Å²) in [5.74, 6) is -2.06. The third kappa shape index (κ3) is 5.94. The van der Waals surface area contributed by atoms with E-state index in [9.17, 15) is 27.2 Å². The van der Waals surface area contributed by atoms with E-state index in [1.807, 2.05) is 0 Å². The maximum Gasteiger partial charge on any atom is 0.417 e. The lowest BCUT2D eigenvalue weighted by atomic mass is 9.95. The van der Waals surface area contributed by atoms with E-state index in [0.29, 0.717) is 19.2 Å². The van der Waals surface area contributed by atoms with E-state index in [0.717, 1.165) is 30.0 Å². The first-order valence-electron chi connectivity index (χ1n) is 14.0. The van der Waals surface area contributed by atoms with Crippen molar-refractivity contribution in [1.29, 1.82) is 0 Å². The van der Waals surface area contributed by atoms with Crippen molar-refractivity contribution in [2.24, 2.45) is 0 Å². The SMILES string of the molecule is C=CC(=O)N1[C@H](C)CN(c2nc(=O)n3c4c(c(-c5ccc(F)cc5F)c(C(F)(F)F)cc24)SCC(NCCOC)C3)C[C@@H]1C. The fourth-order valence-corrected chi connectivity index (χ4v) is 7.42. The van der Waals surface area contributed by atoms with Gasteiger partial charge in [-0.2, -0.15) is 18.2 Å². The maximum atomic E-state index is 15.2. The maximum absolute atomic E-state index is 15.2. The van der Waals surface area contributed by atoms with Crippen molar-refractivity contribution in [1.82, 2.24) is 19.8 Å². The number of anilines is 1. The second kappa shape index (κ2) is 12.5. The first-order valence-corrected chi connectivity index (χ1v) is 15.0. The molecule has 0 aliphatic carbocycles. The molecule has 1 aromatic heterocycles. The lowest BCUT2D eigenvalue weighted by Gasteiger charge is -2.44. The van der Waals surface area contributed by atoms with Crippen LogP contribution in [0.4, 0.5) is 27.8 Å². The molecule has 14 heteroatoms. The third-order valence-electron chi connectivity index (χ3n) is 7.92. The van der Waals surface area contributed by atoms with Crippen LogP contribution in [0.5, 0.6) is 0 Å². The molecule has 2 aliphatic rings. The minimum Gasteiger partial charge on any atom is -0.383 e. The predicted octanol–water partition coefficient (Wildman–Crippen LogP) is 4.68. The highest BCUT2D eigenvalue weighted by Crippen LogP contribution is 2.48. The zero-order chi connectivity index (χ0) is 31.9. The molecular weight excluding hydrogens is 605 g/mol. The van der Waals surface area contributed by atoms with Gasteiger partial charge in [-0.05, 0) is 38.1 Å². The minimum atomic E-state index is -4.93. The van der Waals surface area contributed by atoms with Crippen LogP contribution in [0.3, 0.4) is 0 Å². The lowest BCUT2D eigenvalue weighted by Crippen LogP contribution is -2.58. The van der Waals surface area contributed by atoms with Crippen molar-refractivity contribution >= 4 is 34.4 Å². The van der Waals surface area contributed by atoms with Gasteiger partial charge in [0.1, 0.15) is 17.5 Å². The molecule has 2 aromatic carbocycles. The van der Waals surface area contributed by atoms with E-state index in [4.69, 9.17) is 4.74 Å². The Bertz CT molecular complexity index is 1650. The number of aromatic nitrogens is 2. The van der Waals surface area contributed by atoms with Crippen LogP contribution < -0.4 is 15.9 Å². The summed E-state index contributed by atoms with van der Waals surface area (Å²) in [5, 5.41) is 3.34. The number of ether oxygens (including phenoxy) is 1.